The summed E-state index contributed by atoms with van der Waals surface area (Å²) >= 11 is 0. The van der Waals surface area contributed by atoms with Gasteiger partial charge < -0.3 is 10.6 Å². The van der Waals surface area contributed by atoms with Crippen molar-refractivity contribution < 1.29 is 4.79 Å². The Bertz CT molecular complexity index is 1060. The lowest BCUT2D eigenvalue weighted by Crippen LogP contribution is -2.19. The van der Waals surface area contributed by atoms with Crippen LogP contribution >= 0.6 is 0 Å². The quantitative estimate of drug-likeness (QED) is 0.460. The van der Waals surface area contributed by atoms with E-state index in [1.54, 1.807) is 0 Å². The van der Waals surface area contributed by atoms with Crippen LogP contribution in [0.25, 0.3) is 5.57 Å². The van der Waals surface area contributed by atoms with Crippen molar-refractivity contribution in [2.75, 3.05) is 5.32 Å². The third-order valence-corrected chi connectivity index (χ3v) is 6.43. The molecule has 1 fully saturated rings. The van der Waals surface area contributed by atoms with E-state index in [0.717, 1.165) is 30.0 Å². The molecule has 180 valence electrons. The van der Waals surface area contributed by atoms with Crippen LogP contribution in [-0.2, 0) is 4.79 Å². The number of aryl methyl sites for hydroxylation is 1. The number of carbonyl (C=O) groups is 1. The molecule has 1 atom stereocenters. The molecule has 1 saturated carbocycles. The summed E-state index contributed by atoms with van der Waals surface area (Å²) in [6, 6.07) is 18.4. The van der Waals surface area contributed by atoms with E-state index in [1.165, 1.54) is 54.4 Å². The summed E-state index contributed by atoms with van der Waals surface area (Å²) in [6.07, 6.45) is 8.40. The Kier molecular flexibility index (Phi) is 9.33. The molecule has 0 radical (unpaired) electrons. The SMILES string of the molecule is C=C1NC(=O)C(Nc2ccccc2)=C1/C(=C1/CCCC(CCC)C1)c1ccccc1C.CCC. The molecule has 0 saturated heterocycles. The van der Waals surface area contributed by atoms with E-state index in [4.69, 9.17) is 0 Å². The highest BCUT2D eigenvalue weighted by atomic mass is 16.2. The Hall–Kier alpha value is -3.07. The zero-order chi connectivity index (χ0) is 24.5. The van der Waals surface area contributed by atoms with Crippen molar-refractivity contribution >= 4 is 17.2 Å². The summed E-state index contributed by atoms with van der Waals surface area (Å²) < 4.78 is 0. The van der Waals surface area contributed by atoms with Crippen LogP contribution in [0.2, 0.25) is 0 Å². The molecule has 1 unspecified atom stereocenters. The predicted molar refractivity (Wildman–Crippen MR) is 145 cm³/mol. The van der Waals surface area contributed by atoms with Gasteiger partial charge in [0.05, 0.1) is 0 Å². The van der Waals surface area contributed by atoms with Gasteiger partial charge in [-0.3, -0.25) is 4.79 Å². The van der Waals surface area contributed by atoms with Gasteiger partial charge in [-0.1, -0.05) is 94.7 Å². The van der Waals surface area contributed by atoms with E-state index in [9.17, 15) is 4.79 Å². The van der Waals surface area contributed by atoms with Crippen molar-refractivity contribution in [1.82, 2.24) is 5.32 Å². The molecule has 1 amide bonds. The molecule has 1 aliphatic carbocycles. The molecule has 0 spiro atoms. The molecule has 2 aliphatic rings. The number of anilines is 1. The number of hydrogen-bond acceptors (Lipinski definition) is 2. The number of amides is 1. The molecule has 4 rings (SSSR count). The third kappa shape index (κ3) is 6.08. The van der Waals surface area contributed by atoms with Crippen molar-refractivity contribution in [3.8, 4) is 0 Å². The van der Waals surface area contributed by atoms with Crippen LogP contribution < -0.4 is 10.6 Å². The molecule has 3 nitrogen and oxygen atoms in total. The van der Waals surface area contributed by atoms with Gasteiger partial charge >= 0.3 is 0 Å². The summed E-state index contributed by atoms with van der Waals surface area (Å²) in [5.74, 6) is 0.605. The smallest absolute Gasteiger partial charge is 0.272 e. The van der Waals surface area contributed by atoms with Gasteiger partial charge in [0.25, 0.3) is 5.91 Å². The molecule has 2 N–H and O–H groups in total. The lowest BCUT2D eigenvalue weighted by molar-refractivity contribution is -0.116. The highest BCUT2D eigenvalue weighted by Crippen LogP contribution is 2.43. The van der Waals surface area contributed by atoms with Gasteiger partial charge in [-0.2, -0.15) is 0 Å². The van der Waals surface area contributed by atoms with E-state index in [-0.39, 0.29) is 5.91 Å². The summed E-state index contributed by atoms with van der Waals surface area (Å²) in [5, 5.41) is 6.37. The number of benzene rings is 2. The number of para-hydroxylation sites is 1. The summed E-state index contributed by atoms with van der Waals surface area (Å²) in [5.41, 5.74) is 8.19. The maximum atomic E-state index is 13.0. The molecule has 2 aromatic carbocycles. The predicted octanol–water partition coefficient (Wildman–Crippen LogP) is 8.16. The molecule has 3 heteroatoms. The number of allylic oxidation sites excluding steroid dienone is 2. The monoisotopic (exact) mass is 456 g/mol. The van der Waals surface area contributed by atoms with Gasteiger partial charge in [-0.15, -0.1) is 0 Å². The van der Waals surface area contributed by atoms with Crippen LogP contribution in [0.4, 0.5) is 5.69 Å². The molecular weight excluding hydrogens is 416 g/mol. The third-order valence-electron chi connectivity index (χ3n) is 6.43. The van der Waals surface area contributed by atoms with Crippen molar-refractivity contribution in [3.63, 3.8) is 0 Å². The molecule has 1 aliphatic heterocycles. The van der Waals surface area contributed by atoms with E-state index >= 15 is 0 Å². The lowest BCUT2D eigenvalue weighted by atomic mass is 9.77. The number of carbonyl (C=O) groups excluding carboxylic acids is 1. The van der Waals surface area contributed by atoms with Crippen molar-refractivity contribution in [2.45, 2.75) is 72.6 Å². The van der Waals surface area contributed by atoms with E-state index < -0.39 is 0 Å². The standard InChI is InChI=1S/C28H32N2O.C3H8/c1-4-11-21-13-10-14-22(18-21)26(24-17-9-8-12-19(24)2)25-20(3)29-28(31)27(25)30-23-15-6-5-7-16-23;1-3-2/h5-9,12,15-17,21,30H,3-4,10-11,13-14,18H2,1-2H3,(H,29,31);3H2,1-2H3/b26-22-;. The van der Waals surface area contributed by atoms with Crippen LogP contribution in [-0.4, -0.2) is 5.91 Å². The molecule has 34 heavy (non-hydrogen) atoms. The fourth-order valence-electron chi connectivity index (χ4n) is 4.98. The Labute approximate surface area is 206 Å². The second-order valence-electron chi connectivity index (χ2n) is 9.43. The van der Waals surface area contributed by atoms with Crippen molar-refractivity contribution in [2.24, 2.45) is 5.92 Å². The largest absolute Gasteiger partial charge is 0.350 e. The average molecular weight is 457 g/mol. The summed E-state index contributed by atoms with van der Waals surface area (Å²) in [6.45, 7) is 12.9. The number of nitrogens with one attached hydrogen (secondary N) is 2. The molecule has 2 aromatic rings. The number of hydrogen-bond donors (Lipinski definition) is 2. The first kappa shape index (κ1) is 25.6. The van der Waals surface area contributed by atoms with Gasteiger partial charge in [-0.05, 0) is 67.4 Å². The first-order chi connectivity index (χ1) is 16.5. The van der Waals surface area contributed by atoms with Gasteiger partial charge in [0.15, 0.2) is 0 Å². The lowest BCUT2D eigenvalue weighted by Gasteiger charge is -2.28. The Morgan fingerprint density at radius 2 is 1.74 bits per heavy atom. The summed E-state index contributed by atoms with van der Waals surface area (Å²) in [7, 11) is 0. The van der Waals surface area contributed by atoms with Crippen LogP contribution in [0.5, 0.6) is 0 Å². The zero-order valence-electron chi connectivity index (χ0n) is 21.3. The summed E-state index contributed by atoms with van der Waals surface area (Å²) in [4.78, 5) is 13.0. The number of rotatable bonds is 6. The Morgan fingerprint density at radius 3 is 2.41 bits per heavy atom. The van der Waals surface area contributed by atoms with Crippen molar-refractivity contribution in [3.05, 3.63) is 94.8 Å². The minimum Gasteiger partial charge on any atom is -0.350 e. The van der Waals surface area contributed by atoms with E-state index in [0.29, 0.717) is 11.4 Å². The molecule has 0 bridgehead atoms. The normalized spacial score (nSPS) is 19.4. The van der Waals surface area contributed by atoms with Gasteiger partial charge in [0.2, 0.25) is 0 Å². The Morgan fingerprint density at radius 1 is 1.06 bits per heavy atom. The van der Waals surface area contributed by atoms with Crippen molar-refractivity contribution in [1.29, 1.82) is 0 Å². The van der Waals surface area contributed by atoms with Crippen LogP contribution in [0.3, 0.4) is 0 Å². The van der Waals surface area contributed by atoms with Crippen LogP contribution in [0, 0.1) is 12.8 Å². The maximum Gasteiger partial charge on any atom is 0.272 e. The minimum atomic E-state index is -0.114. The second kappa shape index (κ2) is 12.4. The minimum absolute atomic E-state index is 0.114. The molecular formula is C31H40N2O. The topological polar surface area (TPSA) is 41.1 Å². The van der Waals surface area contributed by atoms with Gasteiger partial charge in [-0.25, -0.2) is 0 Å². The molecule has 1 heterocycles. The van der Waals surface area contributed by atoms with Crippen LogP contribution in [0.15, 0.2) is 83.7 Å². The molecule has 0 aromatic heterocycles. The first-order valence-corrected chi connectivity index (χ1v) is 12.8. The van der Waals surface area contributed by atoms with Gasteiger partial charge in [0, 0.05) is 17.0 Å². The van der Waals surface area contributed by atoms with Crippen LogP contribution in [0.1, 0.15) is 76.8 Å². The maximum absolute atomic E-state index is 13.0. The Balaban J connectivity index is 0.00000103. The first-order valence-electron chi connectivity index (χ1n) is 12.8. The highest BCUT2D eigenvalue weighted by Gasteiger charge is 2.32. The van der Waals surface area contributed by atoms with Gasteiger partial charge in [0.1, 0.15) is 5.70 Å². The average Bonchev–Trinajstić information content (AvgIpc) is 3.10. The highest BCUT2D eigenvalue weighted by molar-refractivity contribution is 6.09. The fraction of sp³-hybridized carbons (Fsp3) is 0.387. The fourth-order valence-corrected chi connectivity index (χ4v) is 4.98. The van der Waals surface area contributed by atoms with E-state index in [2.05, 4.69) is 69.2 Å². The zero-order valence-corrected chi connectivity index (χ0v) is 21.3. The second-order valence-corrected chi connectivity index (χ2v) is 9.43. The van der Waals surface area contributed by atoms with E-state index in [1.807, 2.05) is 30.3 Å².